The molecule has 3 N–H and O–H groups in total. The van der Waals surface area contributed by atoms with Crippen molar-refractivity contribution >= 4 is 5.91 Å². The number of aliphatic hydroxyl groups excluding tert-OH is 1. The fourth-order valence-corrected chi connectivity index (χ4v) is 1.48. The monoisotopic (exact) mass is 222 g/mol. The van der Waals surface area contributed by atoms with E-state index in [0.717, 1.165) is 18.5 Å². The first-order valence-corrected chi connectivity index (χ1v) is 5.41. The number of carbonyl (C=O) groups excluding carboxylic acids is 1. The number of carbonyl (C=O) groups is 1. The van der Waals surface area contributed by atoms with E-state index >= 15 is 0 Å². The zero-order valence-electron chi connectivity index (χ0n) is 9.49. The van der Waals surface area contributed by atoms with E-state index in [2.05, 4.69) is 10.6 Å². The van der Waals surface area contributed by atoms with Crippen LogP contribution in [-0.2, 0) is 6.42 Å². The van der Waals surface area contributed by atoms with Gasteiger partial charge in [-0.15, -0.1) is 0 Å². The summed E-state index contributed by atoms with van der Waals surface area (Å²) in [6, 6.07) is 7.52. The summed E-state index contributed by atoms with van der Waals surface area (Å²) in [6.07, 6.45) is 0.819. The lowest BCUT2D eigenvalue weighted by atomic mass is 10.0. The van der Waals surface area contributed by atoms with E-state index in [1.165, 1.54) is 0 Å². The average Bonchev–Trinajstić information content (AvgIpc) is 2.33. The van der Waals surface area contributed by atoms with E-state index in [9.17, 15) is 4.79 Å². The van der Waals surface area contributed by atoms with E-state index in [1.807, 2.05) is 25.2 Å². The molecule has 0 atom stereocenters. The molecule has 1 aromatic rings. The van der Waals surface area contributed by atoms with E-state index in [1.54, 1.807) is 6.07 Å². The quantitative estimate of drug-likeness (QED) is 0.643. The molecule has 0 aliphatic carbocycles. The molecule has 0 aliphatic rings. The summed E-state index contributed by atoms with van der Waals surface area (Å²) in [4.78, 5) is 11.7. The van der Waals surface area contributed by atoms with Crippen molar-refractivity contribution in [2.45, 2.75) is 6.42 Å². The molecular weight excluding hydrogens is 204 g/mol. The van der Waals surface area contributed by atoms with Gasteiger partial charge in [-0.05, 0) is 31.6 Å². The molecule has 0 saturated carbocycles. The zero-order valence-corrected chi connectivity index (χ0v) is 9.49. The van der Waals surface area contributed by atoms with Crippen LogP contribution in [0.5, 0.6) is 0 Å². The topological polar surface area (TPSA) is 61.4 Å². The lowest BCUT2D eigenvalue weighted by Gasteiger charge is -2.09. The number of nitrogens with one attached hydrogen (secondary N) is 2. The van der Waals surface area contributed by atoms with E-state index < -0.39 is 0 Å². The molecule has 0 saturated heterocycles. The molecule has 0 aliphatic heterocycles. The highest BCUT2D eigenvalue weighted by Crippen LogP contribution is 2.08. The van der Waals surface area contributed by atoms with Gasteiger partial charge in [-0.3, -0.25) is 4.79 Å². The van der Waals surface area contributed by atoms with Crippen LogP contribution >= 0.6 is 0 Å². The summed E-state index contributed by atoms with van der Waals surface area (Å²) in [7, 11) is 1.88. The molecule has 0 aromatic heterocycles. The predicted octanol–water partition coefficient (Wildman–Crippen LogP) is 0.171. The molecule has 0 bridgehead atoms. The molecule has 1 rings (SSSR count). The summed E-state index contributed by atoms with van der Waals surface area (Å²) in [5, 5.41) is 14.4. The van der Waals surface area contributed by atoms with Crippen LogP contribution in [0.1, 0.15) is 15.9 Å². The van der Waals surface area contributed by atoms with Crippen molar-refractivity contribution in [2.24, 2.45) is 0 Å². The number of hydrogen-bond donors (Lipinski definition) is 3. The Morgan fingerprint density at radius 3 is 2.75 bits per heavy atom. The minimum Gasteiger partial charge on any atom is -0.395 e. The fraction of sp³-hybridized carbons (Fsp3) is 0.417. The average molecular weight is 222 g/mol. The maximum Gasteiger partial charge on any atom is 0.251 e. The molecule has 4 heteroatoms. The van der Waals surface area contributed by atoms with E-state index in [0.29, 0.717) is 12.1 Å². The molecule has 0 radical (unpaired) electrons. The van der Waals surface area contributed by atoms with Crippen molar-refractivity contribution in [2.75, 3.05) is 26.7 Å². The number of amides is 1. The molecule has 0 spiro atoms. The van der Waals surface area contributed by atoms with Crippen LogP contribution in [0.4, 0.5) is 0 Å². The molecule has 88 valence electrons. The number of hydrogen-bond acceptors (Lipinski definition) is 3. The summed E-state index contributed by atoms with van der Waals surface area (Å²) >= 11 is 0. The van der Waals surface area contributed by atoms with Crippen LogP contribution in [-0.4, -0.2) is 37.8 Å². The Balaban J connectivity index is 2.73. The minimum absolute atomic E-state index is 0.0373. The predicted molar refractivity (Wildman–Crippen MR) is 63.5 cm³/mol. The van der Waals surface area contributed by atoms with Crippen molar-refractivity contribution in [1.29, 1.82) is 0 Å². The highest BCUT2D eigenvalue weighted by molar-refractivity contribution is 5.95. The summed E-state index contributed by atoms with van der Waals surface area (Å²) in [6.45, 7) is 1.09. The lowest BCUT2D eigenvalue weighted by Crippen LogP contribution is -2.27. The van der Waals surface area contributed by atoms with Gasteiger partial charge in [0.2, 0.25) is 0 Å². The van der Waals surface area contributed by atoms with Crippen LogP contribution in [0.3, 0.4) is 0 Å². The van der Waals surface area contributed by atoms with Crippen LogP contribution in [0.15, 0.2) is 24.3 Å². The van der Waals surface area contributed by atoms with Gasteiger partial charge in [-0.25, -0.2) is 0 Å². The number of rotatable bonds is 6. The fourth-order valence-electron chi connectivity index (χ4n) is 1.48. The Bertz CT molecular complexity index is 340. The van der Waals surface area contributed by atoms with Crippen molar-refractivity contribution in [3.63, 3.8) is 0 Å². The van der Waals surface area contributed by atoms with Gasteiger partial charge in [-0.2, -0.15) is 0 Å². The number of likely N-dealkylation sites (N-methyl/N-ethyl adjacent to an activating group) is 1. The first-order chi connectivity index (χ1) is 7.79. The molecule has 0 unspecified atom stereocenters. The standard InChI is InChI=1S/C12H18N2O2/c1-13-7-6-10-4-2-3-5-11(10)12(16)14-8-9-15/h2-5,13,15H,6-9H2,1H3,(H,14,16). The zero-order chi connectivity index (χ0) is 11.8. The molecule has 4 nitrogen and oxygen atoms in total. The van der Waals surface area contributed by atoms with Crippen LogP contribution in [0.2, 0.25) is 0 Å². The Kier molecular flexibility index (Phi) is 5.53. The smallest absolute Gasteiger partial charge is 0.251 e. The van der Waals surface area contributed by atoms with Gasteiger partial charge in [0, 0.05) is 12.1 Å². The molecular formula is C12H18N2O2. The van der Waals surface area contributed by atoms with Gasteiger partial charge < -0.3 is 15.7 Å². The van der Waals surface area contributed by atoms with Gasteiger partial charge in [0.25, 0.3) is 5.91 Å². The molecule has 0 fully saturated rings. The van der Waals surface area contributed by atoms with Gasteiger partial charge in [0.15, 0.2) is 0 Å². The van der Waals surface area contributed by atoms with Crippen LogP contribution in [0.25, 0.3) is 0 Å². The normalized spacial score (nSPS) is 10.1. The Hall–Kier alpha value is -1.39. The van der Waals surface area contributed by atoms with Crippen LogP contribution < -0.4 is 10.6 Å². The first kappa shape index (κ1) is 12.7. The van der Waals surface area contributed by atoms with Crippen molar-refractivity contribution < 1.29 is 9.90 Å². The second kappa shape index (κ2) is 6.98. The van der Waals surface area contributed by atoms with Crippen LogP contribution in [0, 0.1) is 0 Å². The molecule has 0 heterocycles. The van der Waals surface area contributed by atoms with Crippen molar-refractivity contribution in [3.05, 3.63) is 35.4 Å². The third-order valence-corrected chi connectivity index (χ3v) is 2.30. The van der Waals surface area contributed by atoms with Gasteiger partial charge >= 0.3 is 0 Å². The van der Waals surface area contributed by atoms with Crippen molar-refractivity contribution in [1.82, 2.24) is 10.6 Å². The lowest BCUT2D eigenvalue weighted by molar-refractivity contribution is 0.0944. The number of aliphatic hydroxyl groups is 1. The highest BCUT2D eigenvalue weighted by atomic mass is 16.3. The third kappa shape index (κ3) is 3.64. The summed E-state index contributed by atoms with van der Waals surface area (Å²) in [5.41, 5.74) is 1.71. The second-order valence-electron chi connectivity index (χ2n) is 3.49. The van der Waals surface area contributed by atoms with Crippen molar-refractivity contribution in [3.8, 4) is 0 Å². The minimum atomic E-state index is -0.124. The molecule has 1 amide bonds. The number of benzene rings is 1. The SMILES string of the molecule is CNCCc1ccccc1C(=O)NCCO. The Morgan fingerprint density at radius 1 is 1.31 bits per heavy atom. The van der Waals surface area contributed by atoms with E-state index in [4.69, 9.17) is 5.11 Å². The summed E-state index contributed by atoms with van der Waals surface area (Å²) < 4.78 is 0. The Labute approximate surface area is 95.7 Å². The largest absolute Gasteiger partial charge is 0.395 e. The maximum absolute atomic E-state index is 11.7. The van der Waals surface area contributed by atoms with Gasteiger partial charge in [0.1, 0.15) is 0 Å². The van der Waals surface area contributed by atoms with Gasteiger partial charge in [0.05, 0.1) is 6.61 Å². The Morgan fingerprint density at radius 2 is 2.06 bits per heavy atom. The second-order valence-corrected chi connectivity index (χ2v) is 3.49. The third-order valence-electron chi connectivity index (χ3n) is 2.30. The summed E-state index contributed by atoms with van der Waals surface area (Å²) in [5.74, 6) is -0.124. The molecule has 1 aromatic carbocycles. The maximum atomic E-state index is 11.7. The highest BCUT2D eigenvalue weighted by Gasteiger charge is 2.09. The molecule has 16 heavy (non-hydrogen) atoms. The van der Waals surface area contributed by atoms with Gasteiger partial charge in [-0.1, -0.05) is 18.2 Å². The first-order valence-electron chi connectivity index (χ1n) is 5.41. The van der Waals surface area contributed by atoms with E-state index in [-0.39, 0.29) is 12.5 Å².